The van der Waals surface area contributed by atoms with Crippen LogP contribution in [0.2, 0.25) is 0 Å². The van der Waals surface area contributed by atoms with Crippen LogP contribution < -0.4 is 19.5 Å². The van der Waals surface area contributed by atoms with E-state index in [9.17, 15) is 9.59 Å². The molecular formula is C21H23NO6. The Morgan fingerprint density at radius 3 is 2.64 bits per heavy atom. The molecule has 3 rings (SSSR count). The van der Waals surface area contributed by atoms with Crippen molar-refractivity contribution in [2.24, 2.45) is 0 Å². The molecule has 0 fully saturated rings. The molecule has 2 aromatic carbocycles. The Bertz CT molecular complexity index is 833. The Balaban J connectivity index is 1.37. The van der Waals surface area contributed by atoms with Gasteiger partial charge in [-0.2, -0.15) is 0 Å². The monoisotopic (exact) mass is 385 g/mol. The van der Waals surface area contributed by atoms with Gasteiger partial charge in [-0.25, -0.2) is 0 Å². The van der Waals surface area contributed by atoms with E-state index >= 15 is 0 Å². The maximum absolute atomic E-state index is 12.2. The van der Waals surface area contributed by atoms with E-state index in [0.29, 0.717) is 30.2 Å². The number of benzene rings is 2. The lowest BCUT2D eigenvalue weighted by Crippen LogP contribution is -2.30. The number of ether oxygens (including phenoxy) is 4. The van der Waals surface area contributed by atoms with E-state index < -0.39 is 18.0 Å². The summed E-state index contributed by atoms with van der Waals surface area (Å²) in [6, 6.07) is 12.8. The van der Waals surface area contributed by atoms with E-state index in [1.54, 1.807) is 18.2 Å². The van der Waals surface area contributed by atoms with Crippen molar-refractivity contribution in [3.8, 4) is 17.2 Å². The van der Waals surface area contributed by atoms with Crippen LogP contribution in [0, 0.1) is 6.92 Å². The van der Waals surface area contributed by atoms with Gasteiger partial charge in [0.1, 0.15) is 5.75 Å². The summed E-state index contributed by atoms with van der Waals surface area (Å²) in [7, 11) is 0. The second kappa shape index (κ2) is 9.12. The largest absolute Gasteiger partial charge is 0.494 e. The lowest BCUT2D eigenvalue weighted by atomic mass is 10.2. The minimum Gasteiger partial charge on any atom is -0.494 e. The van der Waals surface area contributed by atoms with E-state index in [2.05, 4.69) is 5.32 Å². The smallest absolute Gasteiger partial charge is 0.306 e. The summed E-state index contributed by atoms with van der Waals surface area (Å²) in [6.45, 7) is 4.09. The van der Waals surface area contributed by atoms with Crippen molar-refractivity contribution < 1.29 is 28.5 Å². The molecule has 0 aromatic heterocycles. The van der Waals surface area contributed by atoms with E-state index in [0.717, 1.165) is 11.3 Å². The molecule has 0 aliphatic carbocycles. The first-order valence-electron chi connectivity index (χ1n) is 9.11. The maximum Gasteiger partial charge on any atom is 0.306 e. The van der Waals surface area contributed by atoms with Crippen LogP contribution in [0.1, 0.15) is 25.3 Å². The minimum atomic E-state index is -0.907. The molecule has 28 heavy (non-hydrogen) atoms. The summed E-state index contributed by atoms with van der Waals surface area (Å²) in [5.41, 5.74) is 1.70. The summed E-state index contributed by atoms with van der Waals surface area (Å²) in [4.78, 5) is 24.1. The summed E-state index contributed by atoms with van der Waals surface area (Å²) in [6.07, 6.45) is -0.229. The molecule has 1 aliphatic rings. The first-order valence-corrected chi connectivity index (χ1v) is 9.11. The normalized spacial score (nSPS) is 12.9. The lowest BCUT2D eigenvalue weighted by Gasteiger charge is -2.14. The van der Waals surface area contributed by atoms with Crippen LogP contribution >= 0.6 is 0 Å². The highest BCUT2D eigenvalue weighted by atomic mass is 16.7. The molecule has 1 aliphatic heterocycles. The summed E-state index contributed by atoms with van der Waals surface area (Å²) >= 11 is 0. The Labute approximate surface area is 163 Å². The highest BCUT2D eigenvalue weighted by Gasteiger charge is 2.19. The van der Waals surface area contributed by atoms with Gasteiger partial charge in [0.2, 0.25) is 6.79 Å². The lowest BCUT2D eigenvalue weighted by molar-refractivity contribution is -0.153. The van der Waals surface area contributed by atoms with Gasteiger partial charge in [0, 0.05) is 18.2 Å². The van der Waals surface area contributed by atoms with Crippen molar-refractivity contribution in [2.75, 3.05) is 18.7 Å². The number of rotatable bonds is 8. The van der Waals surface area contributed by atoms with Crippen LogP contribution in [-0.2, 0) is 14.3 Å². The number of hydrogen-bond acceptors (Lipinski definition) is 6. The number of aryl methyl sites for hydroxylation is 1. The molecule has 0 spiro atoms. The number of hydrogen-bond donors (Lipinski definition) is 1. The molecule has 148 valence electrons. The molecule has 1 heterocycles. The van der Waals surface area contributed by atoms with Gasteiger partial charge in [0.15, 0.2) is 17.6 Å². The van der Waals surface area contributed by atoms with Gasteiger partial charge in [-0.1, -0.05) is 17.7 Å². The van der Waals surface area contributed by atoms with Gasteiger partial charge in [0.05, 0.1) is 6.61 Å². The Morgan fingerprint density at radius 1 is 1.11 bits per heavy atom. The summed E-state index contributed by atoms with van der Waals surface area (Å²) < 4.78 is 21.2. The fourth-order valence-corrected chi connectivity index (χ4v) is 2.57. The number of carbonyl (C=O) groups excluding carboxylic acids is 2. The SMILES string of the molecule is Cc1ccc(OCCCC(=O)O[C@H](C)C(=O)Nc2ccc3c(c2)OCO3)cc1. The molecule has 0 bridgehead atoms. The summed E-state index contributed by atoms with van der Waals surface area (Å²) in [5, 5.41) is 2.69. The molecule has 0 saturated carbocycles. The quantitative estimate of drug-likeness (QED) is 0.554. The van der Waals surface area contributed by atoms with E-state index in [1.165, 1.54) is 6.92 Å². The first kappa shape index (κ1) is 19.5. The fraction of sp³-hybridized carbons (Fsp3) is 0.333. The van der Waals surface area contributed by atoms with Crippen molar-refractivity contribution in [3.63, 3.8) is 0 Å². The molecule has 7 heteroatoms. The summed E-state index contributed by atoms with van der Waals surface area (Å²) in [5.74, 6) is 1.10. The zero-order valence-electron chi connectivity index (χ0n) is 15.9. The Hall–Kier alpha value is -3.22. The minimum absolute atomic E-state index is 0.161. The van der Waals surface area contributed by atoms with Crippen LogP contribution in [-0.4, -0.2) is 31.4 Å². The average molecular weight is 385 g/mol. The van der Waals surface area contributed by atoms with Gasteiger partial charge in [-0.3, -0.25) is 9.59 Å². The van der Waals surface area contributed by atoms with Crippen LogP contribution in [0.15, 0.2) is 42.5 Å². The molecule has 1 N–H and O–H groups in total. The number of carbonyl (C=O) groups is 2. The molecule has 0 saturated heterocycles. The number of esters is 1. The number of amides is 1. The predicted octanol–water partition coefficient (Wildman–Crippen LogP) is 3.45. The molecule has 1 amide bonds. The zero-order valence-corrected chi connectivity index (χ0v) is 15.9. The van der Waals surface area contributed by atoms with Crippen LogP contribution in [0.4, 0.5) is 5.69 Å². The zero-order chi connectivity index (χ0) is 19.9. The topological polar surface area (TPSA) is 83.1 Å². The average Bonchev–Trinajstić information content (AvgIpc) is 3.14. The highest BCUT2D eigenvalue weighted by Crippen LogP contribution is 2.34. The van der Waals surface area contributed by atoms with Gasteiger partial charge in [0.25, 0.3) is 5.91 Å². The standard InChI is InChI=1S/C21H23NO6/c1-14-5-8-17(9-6-14)25-11-3-4-20(23)28-15(2)21(24)22-16-7-10-18-19(12-16)27-13-26-18/h5-10,12,15H,3-4,11,13H2,1-2H3,(H,22,24)/t15-/m1/s1. The molecule has 2 aromatic rings. The van der Waals surface area contributed by atoms with Crippen LogP contribution in [0.25, 0.3) is 0 Å². The van der Waals surface area contributed by atoms with Gasteiger partial charge in [-0.05, 0) is 44.5 Å². The van der Waals surface area contributed by atoms with Gasteiger partial charge >= 0.3 is 5.97 Å². The van der Waals surface area contributed by atoms with E-state index in [-0.39, 0.29) is 13.2 Å². The fourth-order valence-electron chi connectivity index (χ4n) is 2.57. The maximum atomic E-state index is 12.2. The Morgan fingerprint density at radius 2 is 1.86 bits per heavy atom. The first-order chi connectivity index (χ1) is 13.5. The third-order valence-electron chi connectivity index (χ3n) is 4.13. The number of nitrogens with one attached hydrogen (secondary N) is 1. The van der Waals surface area contributed by atoms with Crippen molar-refractivity contribution in [1.29, 1.82) is 0 Å². The highest BCUT2D eigenvalue weighted by molar-refractivity contribution is 5.95. The van der Waals surface area contributed by atoms with Crippen molar-refractivity contribution in [2.45, 2.75) is 32.8 Å². The van der Waals surface area contributed by atoms with Crippen molar-refractivity contribution in [1.82, 2.24) is 0 Å². The van der Waals surface area contributed by atoms with Crippen molar-refractivity contribution in [3.05, 3.63) is 48.0 Å². The molecule has 1 atom stereocenters. The molecule has 0 radical (unpaired) electrons. The second-order valence-corrected chi connectivity index (χ2v) is 6.45. The van der Waals surface area contributed by atoms with Gasteiger partial charge < -0.3 is 24.3 Å². The third kappa shape index (κ3) is 5.39. The van der Waals surface area contributed by atoms with Crippen LogP contribution in [0.5, 0.6) is 17.2 Å². The second-order valence-electron chi connectivity index (χ2n) is 6.45. The molecule has 0 unspecified atom stereocenters. The van der Waals surface area contributed by atoms with Crippen molar-refractivity contribution >= 4 is 17.6 Å². The van der Waals surface area contributed by atoms with Crippen LogP contribution in [0.3, 0.4) is 0 Å². The molecular weight excluding hydrogens is 362 g/mol. The number of fused-ring (bicyclic) bond motifs is 1. The number of anilines is 1. The third-order valence-corrected chi connectivity index (χ3v) is 4.13. The van der Waals surface area contributed by atoms with Gasteiger partial charge in [-0.15, -0.1) is 0 Å². The van der Waals surface area contributed by atoms with E-state index in [1.807, 2.05) is 31.2 Å². The predicted molar refractivity (Wildman–Crippen MR) is 103 cm³/mol. The molecule has 7 nitrogen and oxygen atoms in total. The van der Waals surface area contributed by atoms with E-state index in [4.69, 9.17) is 18.9 Å². The Kier molecular flexibility index (Phi) is 6.37.